The third-order valence-electron chi connectivity index (χ3n) is 3.22. The van der Waals surface area contributed by atoms with Gasteiger partial charge in [-0.3, -0.25) is 0 Å². The van der Waals surface area contributed by atoms with Crippen molar-refractivity contribution in [2.45, 2.75) is 44.9 Å². The molecule has 2 nitrogen and oxygen atoms in total. The zero-order valence-electron chi connectivity index (χ0n) is 9.17. The van der Waals surface area contributed by atoms with Gasteiger partial charge >= 0.3 is 0 Å². The third kappa shape index (κ3) is 2.69. The largest absolute Gasteiger partial charge is 0.241 e. The molecule has 15 heavy (non-hydrogen) atoms. The Balaban J connectivity index is 2.05. The van der Waals surface area contributed by atoms with Crippen LogP contribution in [0.2, 0.25) is 0 Å². The zero-order valence-corrected chi connectivity index (χ0v) is 9.93. The highest BCUT2D eigenvalue weighted by molar-refractivity contribution is 6.17. The Bertz CT molecular complexity index is 332. The summed E-state index contributed by atoms with van der Waals surface area (Å²) >= 11 is 5.77. The Morgan fingerprint density at radius 2 is 2.13 bits per heavy atom. The van der Waals surface area contributed by atoms with Gasteiger partial charge in [0.25, 0.3) is 0 Å². The summed E-state index contributed by atoms with van der Waals surface area (Å²) in [6.45, 7) is 2.01. The molecule has 0 bridgehead atoms. The topological polar surface area (TPSA) is 25.8 Å². The number of aromatic nitrogens is 2. The molecule has 0 aliphatic heterocycles. The van der Waals surface area contributed by atoms with Crippen LogP contribution in [0.1, 0.15) is 42.8 Å². The molecule has 1 heterocycles. The van der Waals surface area contributed by atoms with E-state index in [4.69, 9.17) is 11.6 Å². The number of nitrogens with zero attached hydrogens (tertiary/aromatic N) is 2. The minimum Gasteiger partial charge on any atom is -0.241 e. The van der Waals surface area contributed by atoms with E-state index in [1.165, 1.54) is 25.7 Å². The Morgan fingerprint density at radius 3 is 2.73 bits per heavy atom. The molecule has 0 saturated heterocycles. The molecule has 0 amide bonds. The second-order valence-corrected chi connectivity index (χ2v) is 4.65. The maximum atomic E-state index is 5.77. The number of aryl methyl sites for hydroxylation is 1. The van der Waals surface area contributed by atoms with E-state index in [0.29, 0.717) is 5.88 Å². The van der Waals surface area contributed by atoms with E-state index in [9.17, 15) is 0 Å². The molecule has 0 atom stereocenters. The summed E-state index contributed by atoms with van der Waals surface area (Å²) in [5.74, 6) is 2.31. The van der Waals surface area contributed by atoms with Crippen LogP contribution in [0, 0.1) is 12.8 Å². The average molecular weight is 225 g/mol. The molecule has 2 rings (SSSR count). The van der Waals surface area contributed by atoms with Gasteiger partial charge in [-0.1, -0.05) is 25.7 Å². The third-order valence-corrected chi connectivity index (χ3v) is 3.51. The molecule has 0 N–H and O–H groups in total. The second-order valence-electron chi connectivity index (χ2n) is 4.39. The Hall–Kier alpha value is -0.630. The fourth-order valence-corrected chi connectivity index (χ4v) is 2.50. The first kappa shape index (κ1) is 10.9. The minimum absolute atomic E-state index is 0.509. The molecule has 0 aromatic carbocycles. The molecule has 0 radical (unpaired) electrons. The van der Waals surface area contributed by atoms with Crippen LogP contribution in [0.25, 0.3) is 0 Å². The molecule has 1 aliphatic rings. The van der Waals surface area contributed by atoms with Crippen molar-refractivity contribution in [3.63, 3.8) is 0 Å². The van der Waals surface area contributed by atoms with Crippen molar-refractivity contribution in [3.05, 3.63) is 23.3 Å². The van der Waals surface area contributed by atoms with Crippen molar-refractivity contribution in [2.75, 3.05) is 0 Å². The molecule has 0 unspecified atom stereocenters. The molecule has 1 aromatic heterocycles. The summed E-state index contributed by atoms with van der Waals surface area (Å²) in [6.07, 6.45) is 8.37. The molecule has 1 aliphatic carbocycles. The van der Waals surface area contributed by atoms with E-state index in [-0.39, 0.29) is 0 Å². The Morgan fingerprint density at radius 1 is 1.40 bits per heavy atom. The van der Waals surface area contributed by atoms with E-state index >= 15 is 0 Å². The lowest BCUT2D eigenvalue weighted by Crippen LogP contribution is -2.05. The van der Waals surface area contributed by atoms with Crippen LogP contribution >= 0.6 is 11.6 Å². The molecule has 3 heteroatoms. The van der Waals surface area contributed by atoms with Crippen molar-refractivity contribution in [2.24, 2.45) is 5.92 Å². The summed E-state index contributed by atoms with van der Waals surface area (Å²) in [4.78, 5) is 8.89. The first-order chi connectivity index (χ1) is 7.29. The highest BCUT2D eigenvalue weighted by atomic mass is 35.5. The van der Waals surface area contributed by atoms with E-state index in [1.807, 2.05) is 13.1 Å². The fourth-order valence-electron chi connectivity index (χ4n) is 2.24. The predicted molar refractivity (Wildman–Crippen MR) is 62.0 cm³/mol. The molecular weight excluding hydrogens is 208 g/mol. The van der Waals surface area contributed by atoms with Gasteiger partial charge in [0.1, 0.15) is 5.82 Å². The van der Waals surface area contributed by atoms with Gasteiger partial charge in [0, 0.05) is 23.9 Å². The molecule has 1 aromatic rings. The van der Waals surface area contributed by atoms with Gasteiger partial charge in [0.15, 0.2) is 0 Å². The fraction of sp³-hybridized carbons (Fsp3) is 0.667. The minimum atomic E-state index is 0.509. The maximum Gasteiger partial charge on any atom is 0.128 e. The van der Waals surface area contributed by atoms with Crippen molar-refractivity contribution in [3.8, 4) is 0 Å². The molecule has 1 fully saturated rings. The lowest BCUT2D eigenvalue weighted by atomic mass is 10.0. The quantitative estimate of drug-likeness (QED) is 0.737. The monoisotopic (exact) mass is 224 g/mol. The van der Waals surface area contributed by atoms with Gasteiger partial charge in [-0.25, -0.2) is 9.97 Å². The predicted octanol–water partition coefficient (Wildman–Crippen LogP) is 3.26. The van der Waals surface area contributed by atoms with Crippen LogP contribution in [-0.2, 0) is 12.3 Å². The summed E-state index contributed by atoms with van der Waals surface area (Å²) in [5, 5.41) is 0. The van der Waals surface area contributed by atoms with Crippen LogP contribution < -0.4 is 0 Å². The van der Waals surface area contributed by atoms with Crippen molar-refractivity contribution in [1.82, 2.24) is 9.97 Å². The average Bonchev–Trinajstić information content (AvgIpc) is 2.71. The maximum absolute atomic E-state index is 5.77. The summed E-state index contributed by atoms with van der Waals surface area (Å²) in [7, 11) is 0. The van der Waals surface area contributed by atoms with Crippen molar-refractivity contribution < 1.29 is 0 Å². The lowest BCUT2D eigenvalue weighted by Gasteiger charge is -2.08. The van der Waals surface area contributed by atoms with Crippen LogP contribution in [0.4, 0.5) is 0 Å². The SMILES string of the molecule is Cc1nc(CC2CCCC2)ncc1CCl. The van der Waals surface area contributed by atoms with Crippen LogP contribution in [0.15, 0.2) is 6.20 Å². The standard InChI is InChI=1S/C12H17ClN2/c1-9-11(7-13)8-14-12(15-9)6-10-4-2-3-5-10/h8,10H,2-7H2,1H3. The van der Waals surface area contributed by atoms with Crippen LogP contribution in [-0.4, -0.2) is 9.97 Å². The molecule has 0 spiro atoms. The van der Waals surface area contributed by atoms with Gasteiger partial charge in [-0.05, 0) is 12.8 Å². The smallest absolute Gasteiger partial charge is 0.128 e. The van der Waals surface area contributed by atoms with Crippen LogP contribution in [0.3, 0.4) is 0 Å². The van der Waals surface area contributed by atoms with Gasteiger partial charge in [0.2, 0.25) is 0 Å². The van der Waals surface area contributed by atoms with E-state index in [1.54, 1.807) is 0 Å². The number of rotatable bonds is 3. The molecular formula is C12H17ClN2. The highest BCUT2D eigenvalue weighted by Crippen LogP contribution is 2.27. The number of alkyl halides is 1. The van der Waals surface area contributed by atoms with Gasteiger partial charge in [0.05, 0.1) is 5.88 Å². The van der Waals surface area contributed by atoms with Gasteiger partial charge in [-0.15, -0.1) is 11.6 Å². The normalized spacial score (nSPS) is 17.2. The van der Waals surface area contributed by atoms with Crippen LogP contribution in [0.5, 0.6) is 0 Å². The first-order valence-electron chi connectivity index (χ1n) is 5.67. The van der Waals surface area contributed by atoms with E-state index < -0.39 is 0 Å². The second kappa shape index (κ2) is 4.93. The number of hydrogen-bond donors (Lipinski definition) is 0. The Labute approximate surface area is 96.1 Å². The Kier molecular flexibility index (Phi) is 3.57. The van der Waals surface area contributed by atoms with Crippen molar-refractivity contribution in [1.29, 1.82) is 0 Å². The summed E-state index contributed by atoms with van der Waals surface area (Å²) < 4.78 is 0. The first-order valence-corrected chi connectivity index (χ1v) is 6.20. The van der Waals surface area contributed by atoms with Crippen molar-refractivity contribution >= 4 is 11.6 Å². The molecule has 1 saturated carbocycles. The highest BCUT2D eigenvalue weighted by Gasteiger charge is 2.16. The van der Waals surface area contributed by atoms with Gasteiger partial charge in [-0.2, -0.15) is 0 Å². The summed E-state index contributed by atoms with van der Waals surface area (Å²) in [6, 6.07) is 0. The number of hydrogen-bond acceptors (Lipinski definition) is 2. The summed E-state index contributed by atoms with van der Waals surface area (Å²) in [5.41, 5.74) is 2.08. The lowest BCUT2D eigenvalue weighted by molar-refractivity contribution is 0.529. The van der Waals surface area contributed by atoms with Gasteiger partial charge < -0.3 is 0 Å². The zero-order chi connectivity index (χ0) is 10.7. The molecule has 82 valence electrons. The van der Waals surface area contributed by atoms with E-state index in [2.05, 4.69) is 9.97 Å². The van der Waals surface area contributed by atoms with E-state index in [0.717, 1.165) is 29.4 Å². The number of halogens is 1.